The molecule has 0 aromatic carbocycles. The molecule has 1 aromatic heterocycles. The molecule has 0 aliphatic heterocycles. The number of hydrogen-bond acceptors (Lipinski definition) is 4. The van der Waals surface area contributed by atoms with Crippen LogP contribution < -0.4 is 5.32 Å². The highest BCUT2D eigenvalue weighted by Gasteiger charge is 2.27. The summed E-state index contributed by atoms with van der Waals surface area (Å²) in [6.45, 7) is 3.64. The molecular formula is C11H12F3N3S. The van der Waals surface area contributed by atoms with Gasteiger partial charge in [-0.15, -0.1) is 0 Å². The van der Waals surface area contributed by atoms with Gasteiger partial charge in [-0.05, 0) is 37.2 Å². The maximum absolute atomic E-state index is 11.9. The number of hydrogen-bond donors (Lipinski definition) is 1. The van der Waals surface area contributed by atoms with Crippen LogP contribution in [0.25, 0.3) is 0 Å². The molecule has 0 amide bonds. The van der Waals surface area contributed by atoms with Gasteiger partial charge >= 0.3 is 5.51 Å². The fourth-order valence-electron chi connectivity index (χ4n) is 1.44. The van der Waals surface area contributed by atoms with Crippen molar-refractivity contribution in [3.8, 4) is 6.07 Å². The van der Waals surface area contributed by atoms with Crippen molar-refractivity contribution in [1.82, 2.24) is 4.98 Å². The van der Waals surface area contributed by atoms with Gasteiger partial charge in [-0.3, -0.25) is 0 Å². The zero-order valence-electron chi connectivity index (χ0n) is 9.93. The van der Waals surface area contributed by atoms with Gasteiger partial charge in [-0.1, -0.05) is 0 Å². The highest BCUT2D eigenvalue weighted by molar-refractivity contribution is 8.00. The predicted octanol–water partition coefficient (Wildman–Crippen LogP) is 3.24. The smallest absolute Gasteiger partial charge is 0.368 e. The quantitative estimate of drug-likeness (QED) is 0.857. The van der Waals surface area contributed by atoms with Gasteiger partial charge in [0, 0.05) is 18.0 Å². The number of nitrogens with zero attached hydrogens (tertiary/aromatic N) is 2. The molecule has 0 fully saturated rings. The lowest BCUT2D eigenvalue weighted by Gasteiger charge is -2.10. The summed E-state index contributed by atoms with van der Waals surface area (Å²) in [7, 11) is 0. The Labute approximate surface area is 107 Å². The molecule has 0 saturated heterocycles. The molecule has 1 N–H and O–H groups in total. The van der Waals surface area contributed by atoms with Crippen molar-refractivity contribution >= 4 is 17.6 Å². The second-order valence-corrected chi connectivity index (χ2v) is 4.80. The van der Waals surface area contributed by atoms with Crippen LogP contribution in [0.5, 0.6) is 0 Å². The number of aromatic nitrogens is 1. The Bertz CT molecular complexity index is 466. The standard InChI is InChI=1S/C11H12F3N3S/c1-7-5-8(2)17-10(9(7)6-15)16-3-4-18-11(12,13)14/h5H,3-4H2,1-2H3,(H,16,17). The van der Waals surface area contributed by atoms with Crippen molar-refractivity contribution in [1.29, 1.82) is 5.26 Å². The third kappa shape index (κ3) is 4.45. The summed E-state index contributed by atoms with van der Waals surface area (Å²) in [5.74, 6) is 0.223. The van der Waals surface area contributed by atoms with E-state index in [9.17, 15) is 13.2 Å². The third-order valence-electron chi connectivity index (χ3n) is 2.12. The summed E-state index contributed by atoms with van der Waals surface area (Å²) in [6, 6.07) is 3.75. The summed E-state index contributed by atoms with van der Waals surface area (Å²) in [5.41, 5.74) is -2.37. The summed E-state index contributed by atoms with van der Waals surface area (Å²) >= 11 is -0.0985. The summed E-state index contributed by atoms with van der Waals surface area (Å²) in [6.07, 6.45) is 0. The first-order valence-electron chi connectivity index (χ1n) is 5.16. The van der Waals surface area contributed by atoms with Gasteiger partial charge in [0.2, 0.25) is 0 Å². The average Bonchev–Trinajstić information content (AvgIpc) is 2.22. The van der Waals surface area contributed by atoms with E-state index in [4.69, 9.17) is 5.26 Å². The minimum Gasteiger partial charge on any atom is -0.368 e. The Hall–Kier alpha value is -1.42. The minimum atomic E-state index is -4.23. The first kappa shape index (κ1) is 14.6. The first-order chi connectivity index (χ1) is 8.33. The number of nitrogens with one attached hydrogen (secondary N) is 1. The van der Waals surface area contributed by atoms with E-state index in [1.54, 1.807) is 19.9 Å². The second-order valence-electron chi connectivity index (χ2n) is 3.64. The summed E-state index contributed by atoms with van der Waals surface area (Å²) < 4.78 is 35.8. The molecule has 0 spiro atoms. The number of halogens is 3. The number of rotatable bonds is 4. The van der Waals surface area contributed by atoms with E-state index in [0.717, 1.165) is 11.3 Å². The first-order valence-corrected chi connectivity index (χ1v) is 6.15. The molecule has 0 radical (unpaired) electrons. The van der Waals surface area contributed by atoms with Crippen LogP contribution in [0.3, 0.4) is 0 Å². The Morgan fingerprint density at radius 3 is 2.67 bits per heavy atom. The van der Waals surface area contributed by atoms with Crippen molar-refractivity contribution < 1.29 is 13.2 Å². The highest BCUT2D eigenvalue weighted by atomic mass is 32.2. The Kier molecular flexibility index (Phi) is 4.84. The monoisotopic (exact) mass is 275 g/mol. The van der Waals surface area contributed by atoms with Crippen LogP contribution >= 0.6 is 11.8 Å². The van der Waals surface area contributed by atoms with E-state index in [0.29, 0.717) is 11.4 Å². The second kappa shape index (κ2) is 5.96. The largest absolute Gasteiger partial charge is 0.441 e. The normalized spacial score (nSPS) is 11.1. The van der Waals surface area contributed by atoms with E-state index in [-0.39, 0.29) is 24.1 Å². The predicted molar refractivity (Wildman–Crippen MR) is 65.4 cm³/mol. The van der Waals surface area contributed by atoms with Crippen LogP contribution in [-0.4, -0.2) is 22.8 Å². The van der Waals surface area contributed by atoms with Gasteiger partial charge in [-0.25, -0.2) is 4.98 Å². The molecule has 7 heteroatoms. The molecule has 98 valence electrons. The van der Waals surface area contributed by atoms with Crippen LogP contribution in [0.4, 0.5) is 19.0 Å². The Balaban J connectivity index is 2.65. The number of alkyl halides is 3. The van der Waals surface area contributed by atoms with E-state index in [2.05, 4.69) is 10.3 Å². The fourth-order valence-corrected chi connectivity index (χ4v) is 1.88. The lowest BCUT2D eigenvalue weighted by Crippen LogP contribution is -2.12. The maximum Gasteiger partial charge on any atom is 0.441 e. The average molecular weight is 275 g/mol. The lowest BCUT2D eigenvalue weighted by atomic mass is 10.1. The molecule has 0 aliphatic carbocycles. The lowest BCUT2D eigenvalue weighted by molar-refractivity contribution is -0.0327. The maximum atomic E-state index is 11.9. The van der Waals surface area contributed by atoms with Crippen LogP contribution in [0.1, 0.15) is 16.8 Å². The van der Waals surface area contributed by atoms with Crippen LogP contribution in [-0.2, 0) is 0 Å². The van der Waals surface area contributed by atoms with Crippen LogP contribution in [0, 0.1) is 25.2 Å². The molecule has 0 atom stereocenters. The van der Waals surface area contributed by atoms with Crippen molar-refractivity contribution in [3.63, 3.8) is 0 Å². The van der Waals surface area contributed by atoms with Crippen molar-refractivity contribution in [2.45, 2.75) is 19.4 Å². The van der Waals surface area contributed by atoms with Gasteiger partial charge in [0.15, 0.2) is 0 Å². The molecule has 0 bridgehead atoms. The topological polar surface area (TPSA) is 48.7 Å². The number of pyridine rings is 1. The van der Waals surface area contributed by atoms with Crippen molar-refractivity contribution in [3.05, 3.63) is 22.9 Å². The fraction of sp³-hybridized carbons (Fsp3) is 0.455. The number of aryl methyl sites for hydroxylation is 2. The highest BCUT2D eigenvalue weighted by Crippen LogP contribution is 2.29. The van der Waals surface area contributed by atoms with E-state index in [1.807, 2.05) is 6.07 Å². The van der Waals surface area contributed by atoms with E-state index < -0.39 is 5.51 Å². The molecule has 18 heavy (non-hydrogen) atoms. The molecule has 0 aliphatic rings. The zero-order valence-corrected chi connectivity index (χ0v) is 10.7. The molecular weight excluding hydrogens is 263 g/mol. The summed E-state index contributed by atoms with van der Waals surface area (Å²) in [5, 5.41) is 11.7. The Morgan fingerprint density at radius 1 is 1.44 bits per heavy atom. The molecule has 1 heterocycles. The zero-order chi connectivity index (χ0) is 13.8. The van der Waals surface area contributed by atoms with Crippen LogP contribution in [0.15, 0.2) is 6.07 Å². The van der Waals surface area contributed by atoms with E-state index in [1.165, 1.54) is 0 Å². The number of thioether (sulfide) groups is 1. The van der Waals surface area contributed by atoms with Crippen molar-refractivity contribution in [2.75, 3.05) is 17.6 Å². The molecule has 0 saturated carbocycles. The molecule has 1 aromatic rings. The third-order valence-corrected chi connectivity index (χ3v) is 2.85. The van der Waals surface area contributed by atoms with Crippen LogP contribution in [0.2, 0.25) is 0 Å². The summed E-state index contributed by atoms with van der Waals surface area (Å²) in [4.78, 5) is 4.11. The van der Waals surface area contributed by atoms with Gasteiger partial charge in [-0.2, -0.15) is 18.4 Å². The molecule has 1 rings (SSSR count). The Morgan fingerprint density at radius 2 is 2.11 bits per heavy atom. The minimum absolute atomic E-state index is 0.0985. The molecule has 3 nitrogen and oxygen atoms in total. The molecule has 0 unspecified atom stereocenters. The van der Waals surface area contributed by atoms with Gasteiger partial charge in [0.25, 0.3) is 0 Å². The van der Waals surface area contributed by atoms with E-state index >= 15 is 0 Å². The van der Waals surface area contributed by atoms with Gasteiger partial charge < -0.3 is 5.32 Å². The number of anilines is 1. The van der Waals surface area contributed by atoms with Crippen molar-refractivity contribution in [2.24, 2.45) is 0 Å². The van der Waals surface area contributed by atoms with Gasteiger partial charge in [0.1, 0.15) is 11.9 Å². The number of nitriles is 1. The van der Waals surface area contributed by atoms with Gasteiger partial charge in [0.05, 0.1) is 5.56 Å². The SMILES string of the molecule is Cc1cc(C)c(C#N)c(NCCSC(F)(F)F)n1.